The number of carbonyl (C=O) groups excluding carboxylic acids is 1. The van der Waals surface area contributed by atoms with Gasteiger partial charge in [0.15, 0.2) is 0 Å². The number of sulfonamides is 1. The van der Waals surface area contributed by atoms with Gasteiger partial charge >= 0.3 is 0 Å². The maximum Gasteiger partial charge on any atom is 0.239 e. The van der Waals surface area contributed by atoms with Gasteiger partial charge in [0.05, 0.1) is 18.9 Å². The molecule has 1 amide bonds. The second kappa shape index (κ2) is 8.96. The van der Waals surface area contributed by atoms with Crippen molar-refractivity contribution in [2.24, 2.45) is 0 Å². The van der Waals surface area contributed by atoms with E-state index in [1.165, 1.54) is 18.2 Å². The van der Waals surface area contributed by atoms with Crippen LogP contribution in [0.3, 0.4) is 0 Å². The SMILES string of the molecule is CC(C)Oc1cccc(NC(=O)CN(Cc2ccccc2F)S(C)(=O)=O)c1. The van der Waals surface area contributed by atoms with Crippen LogP contribution in [0.25, 0.3) is 0 Å². The molecule has 27 heavy (non-hydrogen) atoms. The molecule has 0 saturated heterocycles. The summed E-state index contributed by atoms with van der Waals surface area (Å²) < 4.78 is 44.4. The van der Waals surface area contributed by atoms with Crippen molar-refractivity contribution in [2.75, 3.05) is 18.1 Å². The third kappa shape index (κ3) is 6.65. The van der Waals surface area contributed by atoms with Crippen LogP contribution in [-0.2, 0) is 21.4 Å². The normalized spacial score (nSPS) is 11.6. The van der Waals surface area contributed by atoms with Crippen LogP contribution in [-0.4, -0.2) is 37.5 Å². The molecule has 0 heterocycles. The zero-order valence-corrected chi connectivity index (χ0v) is 16.3. The molecule has 0 saturated carbocycles. The first-order valence-electron chi connectivity index (χ1n) is 8.40. The Morgan fingerprint density at radius 3 is 2.52 bits per heavy atom. The van der Waals surface area contributed by atoms with E-state index in [-0.39, 0.29) is 18.2 Å². The van der Waals surface area contributed by atoms with Gasteiger partial charge in [0.2, 0.25) is 15.9 Å². The number of ether oxygens (including phenoxy) is 1. The van der Waals surface area contributed by atoms with Crippen LogP contribution < -0.4 is 10.1 Å². The Hall–Kier alpha value is -2.45. The molecule has 0 aromatic heterocycles. The molecule has 0 fully saturated rings. The van der Waals surface area contributed by atoms with Gasteiger partial charge in [-0.15, -0.1) is 0 Å². The van der Waals surface area contributed by atoms with Crippen molar-refractivity contribution in [3.8, 4) is 5.75 Å². The van der Waals surface area contributed by atoms with E-state index in [1.807, 2.05) is 13.8 Å². The van der Waals surface area contributed by atoms with Crippen LogP contribution in [0, 0.1) is 5.82 Å². The molecule has 0 radical (unpaired) electrons. The lowest BCUT2D eigenvalue weighted by molar-refractivity contribution is -0.116. The molecule has 0 bridgehead atoms. The number of carbonyl (C=O) groups is 1. The minimum atomic E-state index is -3.71. The molecular formula is C19H23FN2O4S. The van der Waals surface area contributed by atoms with E-state index in [9.17, 15) is 17.6 Å². The van der Waals surface area contributed by atoms with Gasteiger partial charge in [0, 0.05) is 23.9 Å². The average Bonchev–Trinajstić information content (AvgIpc) is 2.55. The lowest BCUT2D eigenvalue weighted by Gasteiger charge is -2.20. The summed E-state index contributed by atoms with van der Waals surface area (Å²) in [7, 11) is -3.71. The van der Waals surface area contributed by atoms with E-state index < -0.39 is 28.3 Å². The quantitative estimate of drug-likeness (QED) is 0.747. The van der Waals surface area contributed by atoms with Crippen LogP contribution in [0.5, 0.6) is 5.75 Å². The predicted molar refractivity (Wildman–Crippen MR) is 102 cm³/mol. The molecule has 0 aliphatic heterocycles. The van der Waals surface area contributed by atoms with Gasteiger partial charge in [-0.3, -0.25) is 4.79 Å². The second-order valence-corrected chi connectivity index (χ2v) is 8.35. The fourth-order valence-corrected chi connectivity index (χ4v) is 3.11. The summed E-state index contributed by atoms with van der Waals surface area (Å²) in [6.07, 6.45) is 0.968. The molecule has 0 atom stereocenters. The molecule has 8 heteroatoms. The van der Waals surface area contributed by atoms with Crippen LogP contribution >= 0.6 is 0 Å². The van der Waals surface area contributed by atoms with Crippen LogP contribution in [0.2, 0.25) is 0 Å². The average molecular weight is 394 g/mol. The van der Waals surface area contributed by atoms with E-state index in [0.717, 1.165) is 10.6 Å². The van der Waals surface area contributed by atoms with Crippen LogP contribution in [0.15, 0.2) is 48.5 Å². The number of nitrogens with one attached hydrogen (secondary N) is 1. The first-order valence-corrected chi connectivity index (χ1v) is 10.2. The number of benzene rings is 2. The van der Waals surface area contributed by atoms with Crippen molar-refractivity contribution in [3.63, 3.8) is 0 Å². The van der Waals surface area contributed by atoms with Gasteiger partial charge in [0.1, 0.15) is 11.6 Å². The number of hydrogen-bond donors (Lipinski definition) is 1. The van der Waals surface area contributed by atoms with Crippen molar-refractivity contribution in [3.05, 3.63) is 59.9 Å². The molecule has 2 rings (SSSR count). The Bertz CT molecular complexity index is 900. The minimum Gasteiger partial charge on any atom is -0.491 e. The predicted octanol–water partition coefficient (Wildman–Crippen LogP) is 3.01. The monoisotopic (exact) mass is 394 g/mol. The number of halogens is 1. The smallest absolute Gasteiger partial charge is 0.239 e. The molecule has 0 aliphatic carbocycles. The van der Waals surface area contributed by atoms with Gasteiger partial charge < -0.3 is 10.1 Å². The molecule has 0 spiro atoms. The highest BCUT2D eigenvalue weighted by Gasteiger charge is 2.22. The Balaban J connectivity index is 2.09. The fourth-order valence-electron chi connectivity index (χ4n) is 2.39. The third-order valence-corrected chi connectivity index (χ3v) is 4.78. The number of rotatable bonds is 8. The summed E-state index contributed by atoms with van der Waals surface area (Å²) >= 11 is 0. The maximum atomic E-state index is 13.8. The largest absolute Gasteiger partial charge is 0.491 e. The van der Waals surface area contributed by atoms with E-state index in [1.54, 1.807) is 30.3 Å². The summed E-state index contributed by atoms with van der Waals surface area (Å²) in [6, 6.07) is 12.7. The number of anilines is 1. The molecule has 2 aromatic rings. The molecule has 6 nitrogen and oxygen atoms in total. The van der Waals surface area contributed by atoms with Crippen LogP contribution in [0.4, 0.5) is 10.1 Å². The highest BCUT2D eigenvalue weighted by Crippen LogP contribution is 2.19. The first-order chi connectivity index (χ1) is 12.6. The lowest BCUT2D eigenvalue weighted by Crippen LogP contribution is -2.37. The van der Waals surface area contributed by atoms with E-state index >= 15 is 0 Å². The summed E-state index contributed by atoms with van der Waals surface area (Å²) in [5.74, 6) is -0.460. The summed E-state index contributed by atoms with van der Waals surface area (Å²) in [5.41, 5.74) is 0.681. The Morgan fingerprint density at radius 2 is 1.89 bits per heavy atom. The van der Waals surface area contributed by atoms with E-state index in [2.05, 4.69) is 5.32 Å². The number of amides is 1. The summed E-state index contributed by atoms with van der Waals surface area (Å²) in [6.45, 7) is 3.12. The van der Waals surface area contributed by atoms with E-state index in [4.69, 9.17) is 4.74 Å². The third-order valence-electron chi connectivity index (χ3n) is 3.58. The number of hydrogen-bond acceptors (Lipinski definition) is 4. The molecule has 146 valence electrons. The minimum absolute atomic E-state index is 0.0163. The Morgan fingerprint density at radius 1 is 1.19 bits per heavy atom. The van der Waals surface area contributed by atoms with Gasteiger partial charge in [-0.05, 0) is 32.0 Å². The topological polar surface area (TPSA) is 75.7 Å². The molecular weight excluding hydrogens is 371 g/mol. The number of nitrogens with zero attached hydrogens (tertiary/aromatic N) is 1. The standard InChI is InChI=1S/C19H23FN2O4S/c1-14(2)26-17-9-6-8-16(11-17)21-19(23)13-22(27(3,24)25)12-15-7-4-5-10-18(15)20/h4-11,14H,12-13H2,1-3H3,(H,21,23). The highest BCUT2D eigenvalue weighted by molar-refractivity contribution is 7.88. The maximum absolute atomic E-state index is 13.8. The highest BCUT2D eigenvalue weighted by atomic mass is 32.2. The summed E-state index contributed by atoms with van der Waals surface area (Å²) in [5, 5.41) is 2.64. The lowest BCUT2D eigenvalue weighted by atomic mass is 10.2. The van der Waals surface area contributed by atoms with Crippen molar-refractivity contribution >= 4 is 21.6 Å². The molecule has 0 aliphatic rings. The van der Waals surface area contributed by atoms with Crippen molar-refractivity contribution in [1.82, 2.24) is 4.31 Å². The van der Waals surface area contributed by atoms with Gasteiger partial charge in [0.25, 0.3) is 0 Å². The molecule has 2 aromatic carbocycles. The molecule has 1 N–H and O–H groups in total. The van der Waals surface area contributed by atoms with Crippen molar-refractivity contribution in [1.29, 1.82) is 0 Å². The van der Waals surface area contributed by atoms with Crippen molar-refractivity contribution < 1.29 is 22.3 Å². The molecule has 0 unspecified atom stereocenters. The fraction of sp³-hybridized carbons (Fsp3) is 0.316. The second-order valence-electron chi connectivity index (χ2n) is 6.37. The Labute approximate surface area is 159 Å². The first kappa shape index (κ1) is 20.9. The Kier molecular flexibility index (Phi) is 6.92. The zero-order chi connectivity index (χ0) is 20.0. The van der Waals surface area contributed by atoms with Crippen molar-refractivity contribution in [2.45, 2.75) is 26.5 Å². The summed E-state index contributed by atoms with van der Waals surface area (Å²) in [4.78, 5) is 12.3. The van der Waals surface area contributed by atoms with Crippen LogP contribution in [0.1, 0.15) is 19.4 Å². The van der Waals surface area contributed by atoms with Gasteiger partial charge in [-0.25, -0.2) is 12.8 Å². The van der Waals surface area contributed by atoms with Gasteiger partial charge in [-0.2, -0.15) is 4.31 Å². The zero-order valence-electron chi connectivity index (χ0n) is 15.5. The van der Waals surface area contributed by atoms with Gasteiger partial charge in [-0.1, -0.05) is 24.3 Å². The van der Waals surface area contributed by atoms with E-state index in [0.29, 0.717) is 11.4 Å².